The van der Waals surface area contributed by atoms with E-state index in [4.69, 9.17) is 0 Å². The summed E-state index contributed by atoms with van der Waals surface area (Å²) < 4.78 is 0. The van der Waals surface area contributed by atoms with Crippen molar-refractivity contribution in [1.82, 2.24) is 9.97 Å². The molecule has 2 rings (SSSR count). The van der Waals surface area contributed by atoms with E-state index in [1.54, 1.807) is 0 Å². The van der Waals surface area contributed by atoms with Crippen LogP contribution >= 0.6 is 0 Å². The Morgan fingerprint density at radius 3 is 2.47 bits per heavy atom. The van der Waals surface area contributed by atoms with Crippen molar-refractivity contribution in [2.45, 2.75) is 58.9 Å². The van der Waals surface area contributed by atoms with Gasteiger partial charge in [-0.25, -0.2) is 9.97 Å². The van der Waals surface area contributed by atoms with Crippen molar-refractivity contribution in [1.29, 1.82) is 0 Å². The van der Waals surface area contributed by atoms with Crippen molar-refractivity contribution in [2.75, 3.05) is 17.2 Å². The van der Waals surface area contributed by atoms with Gasteiger partial charge in [0.05, 0.1) is 0 Å². The summed E-state index contributed by atoms with van der Waals surface area (Å²) in [6.45, 7) is 9.65. The van der Waals surface area contributed by atoms with E-state index in [9.17, 15) is 0 Å². The van der Waals surface area contributed by atoms with Crippen LogP contribution in [0.1, 0.15) is 52.8 Å². The summed E-state index contributed by atoms with van der Waals surface area (Å²) in [4.78, 5) is 9.18. The molecule has 0 spiro atoms. The number of nitrogens with zero attached hydrogens (tertiary/aromatic N) is 2. The SMILES string of the molecule is CCCc1nc(NCC)cc(NC(C)(C)C2CC2)n1. The molecule has 2 N–H and O–H groups in total. The van der Waals surface area contributed by atoms with Gasteiger partial charge in [-0.15, -0.1) is 0 Å². The molecule has 106 valence electrons. The Hall–Kier alpha value is -1.32. The fourth-order valence-corrected chi connectivity index (χ4v) is 2.41. The van der Waals surface area contributed by atoms with Crippen molar-refractivity contribution in [3.63, 3.8) is 0 Å². The average Bonchev–Trinajstić information content (AvgIpc) is 3.12. The first-order valence-corrected chi connectivity index (χ1v) is 7.45. The highest BCUT2D eigenvalue weighted by molar-refractivity contribution is 5.49. The fraction of sp³-hybridized carbons (Fsp3) is 0.733. The molecule has 1 aliphatic carbocycles. The summed E-state index contributed by atoms with van der Waals surface area (Å²) >= 11 is 0. The Balaban J connectivity index is 2.17. The first-order valence-electron chi connectivity index (χ1n) is 7.45. The van der Waals surface area contributed by atoms with Gasteiger partial charge in [-0.1, -0.05) is 6.92 Å². The lowest BCUT2D eigenvalue weighted by atomic mass is 9.99. The number of anilines is 2. The molecule has 1 aliphatic rings. The van der Waals surface area contributed by atoms with E-state index in [-0.39, 0.29) is 5.54 Å². The highest BCUT2D eigenvalue weighted by Crippen LogP contribution is 2.40. The molecular formula is C15H26N4. The monoisotopic (exact) mass is 262 g/mol. The molecule has 1 heterocycles. The van der Waals surface area contributed by atoms with Crippen molar-refractivity contribution in [3.05, 3.63) is 11.9 Å². The van der Waals surface area contributed by atoms with Crippen LogP contribution in [0.4, 0.5) is 11.6 Å². The quantitative estimate of drug-likeness (QED) is 0.790. The molecular weight excluding hydrogens is 236 g/mol. The second-order valence-corrected chi connectivity index (χ2v) is 5.96. The zero-order chi connectivity index (χ0) is 13.9. The van der Waals surface area contributed by atoms with Gasteiger partial charge >= 0.3 is 0 Å². The van der Waals surface area contributed by atoms with Crippen molar-refractivity contribution >= 4 is 11.6 Å². The highest BCUT2D eigenvalue weighted by Gasteiger charge is 2.37. The summed E-state index contributed by atoms with van der Waals surface area (Å²) in [6, 6.07) is 2.02. The van der Waals surface area contributed by atoms with E-state index in [2.05, 4.69) is 48.3 Å². The zero-order valence-electron chi connectivity index (χ0n) is 12.6. The Kier molecular flexibility index (Phi) is 4.27. The molecule has 0 aliphatic heterocycles. The smallest absolute Gasteiger partial charge is 0.133 e. The number of hydrogen-bond acceptors (Lipinski definition) is 4. The molecule has 1 aromatic rings. The maximum atomic E-state index is 4.64. The van der Waals surface area contributed by atoms with Gasteiger partial charge in [-0.3, -0.25) is 0 Å². The van der Waals surface area contributed by atoms with Crippen molar-refractivity contribution in [3.8, 4) is 0 Å². The van der Waals surface area contributed by atoms with Gasteiger partial charge in [0.2, 0.25) is 0 Å². The van der Waals surface area contributed by atoms with Crippen LogP contribution in [-0.2, 0) is 6.42 Å². The number of nitrogens with one attached hydrogen (secondary N) is 2. The largest absolute Gasteiger partial charge is 0.370 e. The number of aromatic nitrogens is 2. The molecule has 0 amide bonds. The normalized spacial score (nSPS) is 15.4. The third kappa shape index (κ3) is 3.82. The fourth-order valence-electron chi connectivity index (χ4n) is 2.41. The average molecular weight is 262 g/mol. The standard InChI is InChI=1S/C15H26N4/c1-5-7-12-17-13(16-6-2)10-14(18-12)19-15(3,4)11-8-9-11/h10-11H,5-9H2,1-4H3,(H2,16,17,18,19). The lowest BCUT2D eigenvalue weighted by molar-refractivity contribution is 0.492. The summed E-state index contributed by atoms with van der Waals surface area (Å²) in [5.41, 5.74) is 0.126. The Morgan fingerprint density at radius 1 is 1.21 bits per heavy atom. The number of hydrogen-bond donors (Lipinski definition) is 2. The summed E-state index contributed by atoms with van der Waals surface area (Å²) in [5, 5.41) is 6.87. The number of rotatable bonds is 7. The molecule has 0 unspecified atom stereocenters. The van der Waals surface area contributed by atoms with Crippen molar-refractivity contribution < 1.29 is 0 Å². The van der Waals surface area contributed by atoms with Gasteiger partial charge in [0.15, 0.2) is 0 Å². The minimum Gasteiger partial charge on any atom is -0.370 e. The van der Waals surface area contributed by atoms with Crippen molar-refractivity contribution in [2.24, 2.45) is 5.92 Å². The van der Waals surface area contributed by atoms with E-state index in [1.165, 1.54) is 12.8 Å². The summed E-state index contributed by atoms with van der Waals surface area (Å²) in [7, 11) is 0. The van der Waals surface area contributed by atoms with E-state index < -0.39 is 0 Å². The van der Waals surface area contributed by atoms with Crippen LogP contribution in [-0.4, -0.2) is 22.1 Å². The van der Waals surface area contributed by atoms with Gasteiger partial charge in [-0.2, -0.15) is 0 Å². The first kappa shape index (κ1) is 14.1. The van der Waals surface area contributed by atoms with E-state index in [0.717, 1.165) is 42.8 Å². The second kappa shape index (κ2) is 5.76. The van der Waals surface area contributed by atoms with Gasteiger partial charge in [0, 0.05) is 24.6 Å². The van der Waals surface area contributed by atoms with Crippen LogP contribution < -0.4 is 10.6 Å². The van der Waals surface area contributed by atoms with Gasteiger partial charge in [0.1, 0.15) is 17.5 Å². The summed E-state index contributed by atoms with van der Waals surface area (Å²) in [6.07, 6.45) is 4.65. The minimum atomic E-state index is 0.126. The van der Waals surface area contributed by atoms with Crippen LogP contribution in [0.3, 0.4) is 0 Å². The lowest BCUT2D eigenvalue weighted by Gasteiger charge is -2.27. The Morgan fingerprint density at radius 2 is 1.89 bits per heavy atom. The van der Waals surface area contributed by atoms with E-state index in [0.29, 0.717) is 0 Å². The molecule has 0 atom stereocenters. The Bertz CT molecular complexity index is 400. The predicted molar refractivity (Wildman–Crippen MR) is 80.6 cm³/mol. The van der Waals surface area contributed by atoms with Crippen LogP contribution in [0.25, 0.3) is 0 Å². The lowest BCUT2D eigenvalue weighted by Crippen LogP contribution is -2.33. The first-order chi connectivity index (χ1) is 9.05. The molecule has 4 nitrogen and oxygen atoms in total. The maximum absolute atomic E-state index is 4.64. The predicted octanol–water partition coefficient (Wildman–Crippen LogP) is 3.46. The number of aryl methyl sites for hydroxylation is 1. The van der Waals surface area contributed by atoms with Crippen LogP contribution in [0.2, 0.25) is 0 Å². The molecule has 4 heteroatoms. The molecule has 1 fully saturated rings. The van der Waals surface area contributed by atoms with Crippen LogP contribution in [0, 0.1) is 5.92 Å². The van der Waals surface area contributed by atoms with Crippen LogP contribution in [0.15, 0.2) is 6.07 Å². The van der Waals surface area contributed by atoms with Crippen LogP contribution in [0.5, 0.6) is 0 Å². The molecule has 0 bridgehead atoms. The zero-order valence-corrected chi connectivity index (χ0v) is 12.6. The molecule has 0 saturated heterocycles. The van der Waals surface area contributed by atoms with Gasteiger partial charge in [-0.05, 0) is 46.0 Å². The topological polar surface area (TPSA) is 49.8 Å². The molecule has 1 saturated carbocycles. The van der Waals surface area contributed by atoms with Gasteiger partial charge < -0.3 is 10.6 Å². The minimum absolute atomic E-state index is 0.126. The highest BCUT2D eigenvalue weighted by atomic mass is 15.1. The van der Waals surface area contributed by atoms with E-state index in [1.807, 2.05) is 6.07 Å². The molecule has 1 aromatic heterocycles. The Labute approximate surface area is 116 Å². The third-order valence-electron chi connectivity index (χ3n) is 3.65. The molecule has 19 heavy (non-hydrogen) atoms. The third-order valence-corrected chi connectivity index (χ3v) is 3.65. The summed E-state index contributed by atoms with van der Waals surface area (Å²) in [5.74, 6) is 3.58. The molecule has 0 radical (unpaired) electrons. The molecule has 0 aromatic carbocycles. The van der Waals surface area contributed by atoms with E-state index >= 15 is 0 Å². The van der Waals surface area contributed by atoms with Gasteiger partial charge in [0.25, 0.3) is 0 Å². The maximum Gasteiger partial charge on any atom is 0.133 e. The second-order valence-electron chi connectivity index (χ2n) is 5.96.